The molecule has 3 aromatic carbocycles. The molecule has 5 nitrogen and oxygen atoms in total. The van der Waals surface area contributed by atoms with Crippen molar-refractivity contribution in [2.45, 2.75) is 13.5 Å². The van der Waals surface area contributed by atoms with Crippen LogP contribution in [0.15, 0.2) is 103 Å². The Kier molecular flexibility index (Phi) is 5.60. The van der Waals surface area contributed by atoms with Crippen LogP contribution >= 0.6 is 0 Å². The molecule has 2 aromatic heterocycles. The molecule has 1 amide bonds. The molecule has 0 saturated carbocycles. The fraction of sp³-hybridized carbons (Fsp3) is 0.0714. The number of rotatable bonds is 6. The largest absolute Gasteiger partial charge is 0.487 e. The molecule has 33 heavy (non-hydrogen) atoms. The molecule has 5 heteroatoms. The Hall–Kier alpha value is -4.38. The van der Waals surface area contributed by atoms with Crippen molar-refractivity contribution in [1.82, 2.24) is 9.38 Å². The molecule has 0 atom stereocenters. The van der Waals surface area contributed by atoms with Gasteiger partial charge < -0.3 is 14.5 Å². The van der Waals surface area contributed by atoms with Crippen LogP contribution in [0.3, 0.4) is 0 Å². The first-order chi connectivity index (χ1) is 16.2. The maximum Gasteiger partial charge on any atom is 0.255 e. The van der Waals surface area contributed by atoms with E-state index in [1.54, 1.807) is 12.1 Å². The number of hydrogen-bond acceptors (Lipinski definition) is 3. The lowest BCUT2D eigenvalue weighted by molar-refractivity contribution is 0.102. The molecule has 5 aromatic rings. The van der Waals surface area contributed by atoms with E-state index in [1.165, 1.54) is 0 Å². The molecule has 162 valence electrons. The van der Waals surface area contributed by atoms with E-state index < -0.39 is 0 Å². The molecule has 0 bridgehead atoms. The molecular weight excluding hydrogens is 410 g/mol. The first-order valence-electron chi connectivity index (χ1n) is 10.8. The topological polar surface area (TPSA) is 55.6 Å². The number of benzene rings is 3. The summed E-state index contributed by atoms with van der Waals surface area (Å²) >= 11 is 0. The fourth-order valence-electron chi connectivity index (χ4n) is 3.81. The Morgan fingerprint density at radius 2 is 1.76 bits per heavy atom. The maximum absolute atomic E-state index is 13.0. The van der Waals surface area contributed by atoms with Gasteiger partial charge in [0.15, 0.2) is 0 Å². The number of imidazole rings is 1. The van der Waals surface area contributed by atoms with Gasteiger partial charge in [-0.15, -0.1) is 0 Å². The minimum atomic E-state index is -0.188. The summed E-state index contributed by atoms with van der Waals surface area (Å²) < 4.78 is 7.93. The van der Waals surface area contributed by atoms with E-state index in [4.69, 9.17) is 4.74 Å². The normalized spacial score (nSPS) is 10.8. The number of anilines is 1. The van der Waals surface area contributed by atoms with Gasteiger partial charge in [0.25, 0.3) is 5.91 Å². The molecule has 5 rings (SSSR count). The summed E-state index contributed by atoms with van der Waals surface area (Å²) in [6, 6.07) is 29.0. The van der Waals surface area contributed by atoms with Gasteiger partial charge in [-0.2, -0.15) is 0 Å². The number of ether oxygens (including phenoxy) is 1. The van der Waals surface area contributed by atoms with Crippen LogP contribution in [0.1, 0.15) is 21.6 Å². The third kappa shape index (κ3) is 4.48. The van der Waals surface area contributed by atoms with E-state index in [2.05, 4.69) is 10.3 Å². The van der Waals surface area contributed by atoms with E-state index in [0.29, 0.717) is 17.9 Å². The van der Waals surface area contributed by atoms with Gasteiger partial charge in [0.05, 0.1) is 5.69 Å². The average molecular weight is 434 g/mol. The second kappa shape index (κ2) is 9.01. The SMILES string of the molecule is Cc1cccn2cc(COc3cccc(C(=O)Nc4ccccc4-c4ccccc4)c3)nc12. The van der Waals surface area contributed by atoms with Gasteiger partial charge in [-0.05, 0) is 48.4 Å². The Morgan fingerprint density at radius 1 is 0.939 bits per heavy atom. The summed E-state index contributed by atoms with van der Waals surface area (Å²) in [6.07, 6.45) is 3.93. The summed E-state index contributed by atoms with van der Waals surface area (Å²) in [7, 11) is 0. The van der Waals surface area contributed by atoms with Gasteiger partial charge >= 0.3 is 0 Å². The number of carbonyl (C=O) groups is 1. The lowest BCUT2D eigenvalue weighted by Crippen LogP contribution is -2.12. The van der Waals surface area contributed by atoms with Crippen molar-refractivity contribution in [3.05, 3.63) is 120 Å². The number of hydrogen-bond donors (Lipinski definition) is 1. The number of amides is 1. The zero-order valence-corrected chi connectivity index (χ0v) is 18.2. The number of fused-ring (bicyclic) bond motifs is 1. The van der Waals surface area contributed by atoms with Crippen LogP contribution in [0, 0.1) is 6.92 Å². The number of pyridine rings is 1. The number of nitrogens with zero attached hydrogens (tertiary/aromatic N) is 2. The lowest BCUT2D eigenvalue weighted by Gasteiger charge is -2.12. The van der Waals surface area contributed by atoms with Crippen molar-refractivity contribution in [2.75, 3.05) is 5.32 Å². The van der Waals surface area contributed by atoms with E-state index in [-0.39, 0.29) is 5.91 Å². The molecule has 0 aliphatic carbocycles. The maximum atomic E-state index is 13.0. The highest BCUT2D eigenvalue weighted by Gasteiger charge is 2.11. The highest BCUT2D eigenvalue weighted by Crippen LogP contribution is 2.28. The second-order valence-corrected chi connectivity index (χ2v) is 7.84. The summed E-state index contributed by atoms with van der Waals surface area (Å²) in [6.45, 7) is 2.36. The summed E-state index contributed by atoms with van der Waals surface area (Å²) in [5, 5.41) is 3.04. The van der Waals surface area contributed by atoms with Crippen molar-refractivity contribution in [3.63, 3.8) is 0 Å². The summed E-state index contributed by atoms with van der Waals surface area (Å²) in [4.78, 5) is 17.6. The van der Waals surface area contributed by atoms with Crippen LogP contribution in [0.25, 0.3) is 16.8 Å². The van der Waals surface area contributed by atoms with Crippen LogP contribution in [0.5, 0.6) is 5.75 Å². The van der Waals surface area contributed by atoms with Gasteiger partial charge in [-0.25, -0.2) is 4.98 Å². The Balaban J connectivity index is 1.31. The standard InChI is InChI=1S/C28H23N3O2/c1-20-9-8-16-31-18-23(29-27(20)31)19-33-24-13-7-12-22(17-24)28(32)30-26-15-6-5-14-25(26)21-10-3-2-4-11-21/h2-18H,19H2,1H3,(H,30,32). The van der Waals surface area contributed by atoms with Gasteiger partial charge in [-0.3, -0.25) is 4.79 Å². The summed E-state index contributed by atoms with van der Waals surface area (Å²) in [5.74, 6) is 0.431. The number of aromatic nitrogens is 2. The molecule has 2 heterocycles. The first kappa shape index (κ1) is 20.5. The molecule has 1 N–H and O–H groups in total. The van der Waals surface area contributed by atoms with Crippen molar-refractivity contribution < 1.29 is 9.53 Å². The van der Waals surface area contributed by atoms with Crippen LogP contribution in [-0.2, 0) is 6.61 Å². The molecule has 0 spiro atoms. The van der Waals surface area contributed by atoms with Crippen molar-refractivity contribution in [2.24, 2.45) is 0 Å². The van der Waals surface area contributed by atoms with E-state index in [0.717, 1.165) is 33.7 Å². The monoisotopic (exact) mass is 433 g/mol. The molecule has 0 saturated heterocycles. The zero-order chi connectivity index (χ0) is 22.6. The third-order valence-corrected chi connectivity index (χ3v) is 5.47. The minimum Gasteiger partial charge on any atom is -0.487 e. The van der Waals surface area contributed by atoms with Crippen LogP contribution in [0.2, 0.25) is 0 Å². The molecule has 0 aliphatic heterocycles. The first-order valence-corrected chi connectivity index (χ1v) is 10.8. The van der Waals surface area contributed by atoms with Crippen molar-refractivity contribution >= 4 is 17.2 Å². The highest BCUT2D eigenvalue weighted by atomic mass is 16.5. The Morgan fingerprint density at radius 3 is 2.61 bits per heavy atom. The van der Waals surface area contributed by atoms with Crippen LogP contribution < -0.4 is 10.1 Å². The van der Waals surface area contributed by atoms with E-state index in [9.17, 15) is 4.79 Å². The smallest absolute Gasteiger partial charge is 0.255 e. The fourth-order valence-corrected chi connectivity index (χ4v) is 3.81. The number of nitrogens with one attached hydrogen (secondary N) is 1. The molecule has 0 radical (unpaired) electrons. The van der Waals surface area contributed by atoms with Gasteiger partial charge in [-0.1, -0.05) is 60.7 Å². The van der Waals surface area contributed by atoms with Crippen molar-refractivity contribution in [1.29, 1.82) is 0 Å². The van der Waals surface area contributed by atoms with E-state index in [1.807, 2.05) is 103 Å². The molecule has 0 fully saturated rings. The predicted molar refractivity (Wildman–Crippen MR) is 131 cm³/mol. The third-order valence-electron chi connectivity index (χ3n) is 5.47. The average Bonchev–Trinajstić information content (AvgIpc) is 3.28. The van der Waals surface area contributed by atoms with E-state index >= 15 is 0 Å². The molecule has 0 unspecified atom stereocenters. The quantitative estimate of drug-likeness (QED) is 0.350. The predicted octanol–water partition coefficient (Wildman–Crippen LogP) is 6.14. The Bertz CT molecular complexity index is 1420. The number of para-hydroxylation sites is 1. The summed E-state index contributed by atoms with van der Waals surface area (Å²) in [5.41, 5.74) is 6.17. The van der Waals surface area contributed by atoms with Gasteiger partial charge in [0.2, 0.25) is 0 Å². The van der Waals surface area contributed by atoms with Crippen LogP contribution in [-0.4, -0.2) is 15.3 Å². The number of aryl methyl sites for hydroxylation is 1. The number of carbonyl (C=O) groups excluding carboxylic acids is 1. The zero-order valence-electron chi connectivity index (χ0n) is 18.2. The van der Waals surface area contributed by atoms with Crippen LogP contribution in [0.4, 0.5) is 5.69 Å². The minimum absolute atomic E-state index is 0.188. The lowest BCUT2D eigenvalue weighted by atomic mass is 10.0. The second-order valence-electron chi connectivity index (χ2n) is 7.84. The van der Waals surface area contributed by atoms with Crippen molar-refractivity contribution in [3.8, 4) is 16.9 Å². The van der Waals surface area contributed by atoms with Gasteiger partial charge in [0.1, 0.15) is 18.0 Å². The highest BCUT2D eigenvalue weighted by molar-refractivity contribution is 6.06. The Labute approximate surface area is 192 Å². The van der Waals surface area contributed by atoms with Gasteiger partial charge in [0, 0.05) is 29.2 Å². The molecule has 0 aliphatic rings. The molecular formula is C28H23N3O2.